The predicted molar refractivity (Wildman–Crippen MR) is 85.4 cm³/mol. The average Bonchev–Trinajstić information content (AvgIpc) is 2.41. The van der Waals surface area contributed by atoms with Crippen molar-refractivity contribution in [3.8, 4) is 0 Å². The number of benzene rings is 1. The molecule has 21 heavy (non-hydrogen) atoms. The van der Waals surface area contributed by atoms with E-state index < -0.39 is 0 Å². The number of nitrogens with one attached hydrogen (secondary N) is 2. The molecule has 5 nitrogen and oxygen atoms in total. The summed E-state index contributed by atoms with van der Waals surface area (Å²) in [5.74, 6) is -0.138. The van der Waals surface area contributed by atoms with Crippen LogP contribution in [0.1, 0.15) is 22.8 Å². The van der Waals surface area contributed by atoms with Gasteiger partial charge in [-0.3, -0.25) is 9.59 Å². The van der Waals surface area contributed by atoms with Crippen molar-refractivity contribution in [1.82, 2.24) is 4.98 Å². The Balaban J connectivity index is 2.18. The molecule has 0 fully saturated rings. The third-order valence-electron chi connectivity index (χ3n) is 2.76. The monoisotopic (exact) mass is 347 g/mol. The zero-order valence-electron chi connectivity index (χ0n) is 11.6. The van der Waals surface area contributed by atoms with Crippen molar-refractivity contribution >= 4 is 39.2 Å². The normalized spacial score (nSPS) is 10.0. The minimum atomic E-state index is -0.255. The number of carbonyl (C=O) groups is 2. The van der Waals surface area contributed by atoms with Gasteiger partial charge >= 0.3 is 0 Å². The van der Waals surface area contributed by atoms with Crippen LogP contribution in [0.25, 0.3) is 0 Å². The molecule has 0 aliphatic rings. The van der Waals surface area contributed by atoms with E-state index in [4.69, 9.17) is 0 Å². The Morgan fingerprint density at radius 2 is 1.90 bits per heavy atom. The van der Waals surface area contributed by atoms with E-state index in [1.165, 1.54) is 19.2 Å². The van der Waals surface area contributed by atoms with Crippen molar-refractivity contribution in [2.45, 2.75) is 13.8 Å². The van der Waals surface area contributed by atoms with Gasteiger partial charge in [0.1, 0.15) is 5.82 Å². The third kappa shape index (κ3) is 4.13. The number of amides is 2. The van der Waals surface area contributed by atoms with Crippen LogP contribution < -0.4 is 10.6 Å². The molecule has 2 rings (SSSR count). The van der Waals surface area contributed by atoms with Crippen LogP contribution in [-0.2, 0) is 4.79 Å². The highest BCUT2D eigenvalue weighted by atomic mass is 79.9. The number of rotatable bonds is 3. The van der Waals surface area contributed by atoms with E-state index in [1.54, 1.807) is 6.07 Å². The number of carbonyl (C=O) groups excluding carboxylic acids is 2. The zero-order valence-corrected chi connectivity index (χ0v) is 13.2. The quantitative estimate of drug-likeness (QED) is 0.894. The largest absolute Gasteiger partial charge is 0.322 e. The maximum Gasteiger partial charge on any atom is 0.255 e. The molecule has 108 valence electrons. The summed E-state index contributed by atoms with van der Waals surface area (Å²) in [5, 5.41) is 5.38. The molecule has 0 aliphatic carbocycles. The molecule has 0 unspecified atom stereocenters. The molecule has 1 heterocycles. The molecule has 6 heteroatoms. The third-order valence-corrected chi connectivity index (χ3v) is 3.26. The number of pyridine rings is 1. The van der Waals surface area contributed by atoms with Gasteiger partial charge in [0, 0.05) is 28.8 Å². The average molecular weight is 348 g/mol. The molecule has 0 atom stereocenters. The van der Waals surface area contributed by atoms with Crippen molar-refractivity contribution in [3.63, 3.8) is 0 Å². The van der Waals surface area contributed by atoms with E-state index in [9.17, 15) is 9.59 Å². The lowest BCUT2D eigenvalue weighted by Crippen LogP contribution is -2.14. The second-order valence-corrected chi connectivity index (χ2v) is 5.44. The molecule has 1 aromatic carbocycles. The number of halogens is 1. The molecule has 0 spiro atoms. The Morgan fingerprint density at radius 1 is 1.14 bits per heavy atom. The number of aryl methyl sites for hydroxylation is 1. The van der Waals surface area contributed by atoms with Gasteiger partial charge in [-0.25, -0.2) is 4.98 Å². The lowest BCUT2D eigenvalue weighted by Gasteiger charge is -2.09. The Kier molecular flexibility index (Phi) is 4.70. The number of aromatic nitrogens is 1. The molecular weight excluding hydrogens is 334 g/mol. The highest BCUT2D eigenvalue weighted by molar-refractivity contribution is 9.10. The van der Waals surface area contributed by atoms with Crippen LogP contribution in [0.4, 0.5) is 11.5 Å². The Labute approximate surface area is 130 Å². The van der Waals surface area contributed by atoms with Gasteiger partial charge in [0.2, 0.25) is 5.91 Å². The van der Waals surface area contributed by atoms with Crippen LogP contribution in [0.2, 0.25) is 0 Å². The first-order valence-electron chi connectivity index (χ1n) is 6.27. The van der Waals surface area contributed by atoms with Gasteiger partial charge in [-0.15, -0.1) is 0 Å². The van der Waals surface area contributed by atoms with Crippen molar-refractivity contribution in [2.24, 2.45) is 0 Å². The SMILES string of the molecule is CC(=O)Nc1cc(C(=O)Nc2ccc(Br)cc2C)ccn1. The molecule has 0 bridgehead atoms. The first-order chi connectivity index (χ1) is 9.95. The fraction of sp³-hybridized carbons (Fsp3) is 0.133. The number of nitrogens with zero attached hydrogens (tertiary/aromatic N) is 1. The van der Waals surface area contributed by atoms with E-state index in [-0.39, 0.29) is 11.8 Å². The fourth-order valence-corrected chi connectivity index (χ4v) is 2.26. The van der Waals surface area contributed by atoms with E-state index in [0.717, 1.165) is 15.7 Å². The molecule has 1 aromatic heterocycles. The van der Waals surface area contributed by atoms with E-state index in [0.29, 0.717) is 11.4 Å². The number of anilines is 2. The fourth-order valence-electron chi connectivity index (χ4n) is 1.78. The van der Waals surface area contributed by atoms with Gasteiger partial charge in [-0.05, 0) is 42.8 Å². The molecule has 0 saturated heterocycles. The van der Waals surface area contributed by atoms with Crippen LogP contribution in [0.15, 0.2) is 41.0 Å². The van der Waals surface area contributed by atoms with Crippen molar-refractivity contribution < 1.29 is 9.59 Å². The molecule has 0 saturated carbocycles. The minimum Gasteiger partial charge on any atom is -0.322 e. The van der Waals surface area contributed by atoms with Crippen LogP contribution in [0.3, 0.4) is 0 Å². The van der Waals surface area contributed by atoms with Gasteiger partial charge in [-0.1, -0.05) is 15.9 Å². The maximum atomic E-state index is 12.2. The highest BCUT2D eigenvalue weighted by Gasteiger charge is 2.09. The first-order valence-corrected chi connectivity index (χ1v) is 7.06. The molecule has 0 radical (unpaired) electrons. The van der Waals surface area contributed by atoms with Gasteiger partial charge < -0.3 is 10.6 Å². The molecule has 2 N–H and O–H groups in total. The number of hydrogen-bond donors (Lipinski definition) is 2. The lowest BCUT2D eigenvalue weighted by atomic mass is 10.2. The van der Waals surface area contributed by atoms with Crippen LogP contribution in [0, 0.1) is 6.92 Å². The summed E-state index contributed by atoms with van der Waals surface area (Å²) in [6.45, 7) is 3.30. The van der Waals surface area contributed by atoms with Gasteiger partial charge in [0.15, 0.2) is 0 Å². The van der Waals surface area contributed by atoms with Crippen LogP contribution in [0.5, 0.6) is 0 Å². The van der Waals surface area contributed by atoms with Crippen LogP contribution in [-0.4, -0.2) is 16.8 Å². The zero-order chi connectivity index (χ0) is 15.4. The van der Waals surface area contributed by atoms with Crippen molar-refractivity contribution in [1.29, 1.82) is 0 Å². The Morgan fingerprint density at radius 3 is 2.57 bits per heavy atom. The molecule has 0 aliphatic heterocycles. The van der Waals surface area contributed by atoms with Gasteiger partial charge in [0.05, 0.1) is 0 Å². The lowest BCUT2D eigenvalue weighted by molar-refractivity contribution is -0.114. The Bertz CT molecular complexity index is 701. The summed E-state index contributed by atoms with van der Waals surface area (Å²) >= 11 is 3.38. The summed E-state index contributed by atoms with van der Waals surface area (Å²) in [5.41, 5.74) is 2.12. The maximum absolute atomic E-state index is 12.2. The topological polar surface area (TPSA) is 71.1 Å². The first kappa shape index (κ1) is 15.2. The summed E-state index contributed by atoms with van der Waals surface area (Å²) < 4.78 is 0.954. The van der Waals surface area contributed by atoms with E-state index in [1.807, 2.05) is 25.1 Å². The highest BCUT2D eigenvalue weighted by Crippen LogP contribution is 2.21. The van der Waals surface area contributed by atoms with E-state index in [2.05, 4.69) is 31.5 Å². The summed E-state index contributed by atoms with van der Waals surface area (Å²) in [6, 6.07) is 8.73. The predicted octanol–water partition coefficient (Wildman–Crippen LogP) is 3.36. The molecular formula is C15H14BrN3O2. The van der Waals surface area contributed by atoms with Gasteiger partial charge in [-0.2, -0.15) is 0 Å². The summed E-state index contributed by atoms with van der Waals surface area (Å²) in [6.07, 6.45) is 1.48. The Hall–Kier alpha value is -2.21. The number of hydrogen-bond acceptors (Lipinski definition) is 3. The van der Waals surface area contributed by atoms with Crippen LogP contribution >= 0.6 is 15.9 Å². The second kappa shape index (κ2) is 6.49. The second-order valence-electron chi connectivity index (χ2n) is 4.52. The van der Waals surface area contributed by atoms with Crippen molar-refractivity contribution in [3.05, 3.63) is 52.1 Å². The summed E-state index contributed by atoms with van der Waals surface area (Å²) in [4.78, 5) is 27.2. The standard InChI is InChI=1S/C15H14BrN3O2/c1-9-7-12(16)3-4-13(9)19-15(21)11-5-6-17-14(8-11)18-10(2)20/h3-8H,1-2H3,(H,19,21)(H,17,18,20). The van der Waals surface area contributed by atoms with Crippen molar-refractivity contribution in [2.75, 3.05) is 10.6 Å². The molecule has 2 amide bonds. The smallest absolute Gasteiger partial charge is 0.255 e. The molecule has 2 aromatic rings. The summed E-state index contributed by atoms with van der Waals surface area (Å²) in [7, 11) is 0. The van der Waals surface area contributed by atoms with Gasteiger partial charge in [0.25, 0.3) is 5.91 Å². The minimum absolute atomic E-state index is 0.233. The van der Waals surface area contributed by atoms with E-state index >= 15 is 0 Å².